The first kappa shape index (κ1) is 11.6. The van der Waals surface area contributed by atoms with Crippen molar-refractivity contribution in [3.63, 3.8) is 0 Å². The molecule has 1 fully saturated rings. The fourth-order valence-electron chi connectivity index (χ4n) is 1.47. The molecule has 1 aliphatic rings. The SMILES string of the molecule is CCNc1ncnc(NC2(CO)CC2)c1Br. The molecule has 1 heterocycles. The van der Waals surface area contributed by atoms with E-state index in [1.165, 1.54) is 6.33 Å². The maximum atomic E-state index is 9.24. The molecular formula is C10H15BrN4O. The number of aliphatic hydroxyl groups is 1. The van der Waals surface area contributed by atoms with Crippen LogP contribution >= 0.6 is 15.9 Å². The largest absolute Gasteiger partial charge is 0.394 e. The molecule has 1 aromatic heterocycles. The number of halogens is 1. The van der Waals surface area contributed by atoms with Gasteiger partial charge in [-0.05, 0) is 35.7 Å². The maximum absolute atomic E-state index is 9.24. The highest BCUT2D eigenvalue weighted by Gasteiger charge is 2.42. The third-order valence-electron chi connectivity index (χ3n) is 2.67. The third-order valence-corrected chi connectivity index (χ3v) is 3.42. The molecule has 3 N–H and O–H groups in total. The van der Waals surface area contributed by atoms with E-state index >= 15 is 0 Å². The molecule has 2 rings (SSSR count). The van der Waals surface area contributed by atoms with Gasteiger partial charge in [-0.25, -0.2) is 9.97 Å². The van der Waals surface area contributed by atoms with Gasteiger partial charge in [-0.1, -0.05) is 0 Å². The highest BCUT2D eigenvalue weighted by Crippen LogP contribution is 2.40. The van der Waals surface area contributed by atoms with E-state index in [2.05, 4.69) is 36.5 Å². The molecule has 1 aliphatic carbocycles. The van der Waals surface area contributed by atoms with E-state index in [1.807, 2.05) is 6.92 Å². The predicted molar refractivity (Wildman–Crippen MR) is 66.6 cm³/mol. The standard InChI is InChI=1S/C10H15BrN4O/c1-2-12-8-7(11)9(14-6-13-8)15-10(5-16)3-4-10/h6,16H,2-5H2,1H3,(H2,12,13,14,15). The Morgan fingerprint density at radius 1 is 1.44 bits per heavy atom. The Kier molecular flexibility index (Phi) is 3.30. The monoisotopic (exact) mass is 286 g/mol. The molecule has 88 valence electrons. The zero-order chi connectivity index (χ0) is 11.6. The van der Waals surface area contributed by atoms with Gasteiger partial charge in [0.2, 0.25) is 0 Å². The second-order valence-electron chi connectivity index (χ2n) is 3.98. The van der Waals surface area contributed by atoms with Crippen molar-refractivity contribution in [3.05, 3.63) is 10.8 Å². The summed E-state index contributed by atoms with van der Waals surface area (Å²) in [5, 5.41) is 15.6. The topological polar surface area (TPSA) is 70.1 Å². The number of nitrogens with one attached hydrogen (secondary N) is 2. The lowest BCUT2D eigenvalue weighted by molar-refractivity contribution is 0.266. The Balaban J connectivity index is 2.17. The summed E-state index contributed by atoms with van der Waals surface area (Å²) in [6.07, 6.45) is 3.48. The molecule has 0 spiro atoms. The van der Waals surface area contributed by atoms with Crippen molar-refractivity contribution in [2.24, 2.45) is 0 Å². The van der Waals surface area contributed by atoms with Gasteiger partial charge in [0.1, 0.15) is 22.4 Å². The summed E-state index contributed by atoms with van der Waals surface area (Å²) in [6.45, 7) is 2.96. The van der Waals surface area contributed by atoms with Crippen LogP contribution in [0.1, 0.15) is 19.8 Å². The van der Waals surface area contributed by atoms with Crippen molar-refractivity contribution in [2.45, 2.75) is 25.3 Å². The third kappa shape index (κ3) is 2.27. The second-order valence-corrected chi connectivity index (χ2v) is 4.77. The van der Waals surface area contributed by atoms with E-state index in [9.17, 15) is 5.11 Å². The van der Waals surface area contributed by atoms with Crippen molar-refractivity contribution < 1.29 is 5.11 Å². The number of hydrogen-bond donors (Lipinski definition) is 3. The highest BCUT2D eigenvalue weighted by atomic mass is 79.9. The minimum atomic E-state index is -0.166. The fourth-order valence-corrected chi connectivity index (χ4v) is 1.92. The van der Waals surface area contributed by atoms with Gasteiger partial charge in [0.25, 0.3) is 0 Å². The average molecular weight is 287 g/mol. The van der Waals surface area contributed by atoms with E-state index in [0.29, 0.717) is 0 Å². The fraction of sp³-hybridized carbons (Fsp3) is 0.600. The van der Waals surface area contributed by atoms with Crippen molar-refractivity contribution in [1.82, 2.24) is 9.97 Å². The first-order chi connectivity index (χ1) is 7.71. The molecule has 0 saturated heterocycles. The molecule has 16 heavy (non-hydrogen) atoms. The summed E-state index contributed by atoms with van der Waals surface area (Å²) in [7, 11) is 0. The van der Waals surface area contributed by atoms with Crippen LogP contribution < -0.4 is 10.6 Å². The van der Waals surface area contributed by atoms with Crippen molar-refractivity contribution in [2.75, 3.05) is 23.8 Å². The van der Waals surface area contributed by atoms with Gasteiger partial charge < -0.3 is 15.7 Å². The van der Waals surface area contributed by atoms with Crippen molar-refractivity contribution in [3.8, 4) is 0 Å². The molecular weight excluding hydrogens is 272 g/mol. The number of hydrogen-bond acceptors (Lipinski definition) is 5. The van der Waals surface area contributed by atoms with Gasteiger partial charge in [-0.15, -0.1) is 0 Å². The molecule has 0 atom stereocenters. The molecule has 0 aliphatic heterocycles. The van der Waals surface area contributed by atoms with Crippen LogP contribution in [0.2, 0.25) is 0 Å². The van der Waals surface area contributed by atoms with Gasteiger partial charge in [-0.3, -0.25) is 0 Å². The number of anilines is 2. The number of nitrogens with zero attached hydrogens (tertiary/aromatic N) is 2. The summed E-state index contributed by atoms with van der Waals surface area (Å²) in [5.74, 6) is 1.51. The molecule has 6 heteroatoms. The van der Waals surface area contributed by atoms with Gasteiger partial charge >= 0.3 is 0 Å². The molecule has 0 unspecified atom stereocenters. The normalized spacial score (nSPS) is 16.9. The van der Waals surface area contributed by atoms with E-state index < -0.39 is 0 Å². The van der Waals surface area contributed by atoms with Crippen LogP contribution in [0.25, 0.3) is 0 Å². The Hall–Kier alpha value is -0.880. The Morgan fingerprint density at radius 2 is 2.12 bits per heavy atom. The molecule has 1 aromatic rings. The lowest BCUT2D eigenvalue weighted by atomic mass is 10.3. The second kappa shape index (κ2) is 4.55. The van der Waals surface area contributed by atoms with Crippen LogP contribution in [0.5, 0.6) is 0 Å². The molecule has 1 saturated carbocycles. The minimum Gasteiger partial charge on any atom is -0.394 e. The van der Waals surface area contributed by atoms with E-state index in [0.717, 1.165) is 35.5 Å². The summed E-state index contributed by atoms with van der Waals surface area (Å²) in [6, 6.07) is 0. The van der Waals surface area contributed by atoms with Crippen LogP contribution in [0.4, 0.5) is 11.6 Å². The Morgan fingerprint density at radius 3 is 2.69 bits per heavy atom. The van der Waals surface area contributed by atoms with Gasteiger partial charge in [0, 0.05) is 6.54 Å². The average Bonchev–Trinajstić information content (AvgIpc) is 3.05. The summed E-state index contributed by atoms with van der Waals surface area (Å²) in [5.41, 5.74) is -0.166. The van der Waals surface area contributed by atoms with Gasteiger partial charge in [0.05, 0.1) is 12.1 Å². The quantitative estimate of drug-likeness (QED) is 0.767. The molecule has 0 radical (unpaired) electrons. The van der Waals surface area contributed by atoms with Gasteiger partial charge in [-0.2, -0.15) is 0 Å². The number of rotatable bonds is 5. The summed E-state index contributed by atoms with van der Waals surface area (Å²) < 4.78 is 0.816. The van der Waals surface area contributed by atoms with Crippen LogP contribution in [0.15, 0.2) is 10.8 Å². The number of aliphatic hydroxyl groups excluding tert-OH is 1. The van der Waals surface area contributed by atoms with Crippen LogP contribution in [0.3, 0.4) is 0 Å². The summed E-state index contributed by atoms with van der Waals surface area (Å²) >= 11 is 3.46. The summed E-state index contributed by atoms with van der Waals surface area (Å²) in [4.78, 5) is 8.31. The molecule has 5 nitrogen and oxygen atoms in total. The van der Waals surface area contributed by atoms with Crippen molar-refractivity contribution in [1.29, 1.82) is 0 Å². The first-order valence-corrected chi connectivity index (χ1v) is 6.13. The van der Waals surface area contributed by atoms with Crippen molar-refractivity contribution >= 4 is 27.6 Å². The van der Waals surface area contributed by atoms with E-state index in [4.69, 9.17) is 0 Å². The Labute approximate surface area is 103 Å². The molecule has 0 amide bonds. The first-order valence-electron chi connectivity index (χ1n) is 5.34. The maximum Gasteiger partial charge on any atom is 0.146 e. The van der Waals surface area contributed by atoms with E-state index in [-0.39, 0.29) is 12.1 Å². The van der Waals surface area contributed by atoms with E-state index in [1.54, 1.807) is 0 Å². The smallest absolute Gasteiger partial charge is 0.146 e. The van der Waals surface area contributed by atoms with Gasteiger partial charge in [0.15, 0.2) is 0 Å². The minimum absolute atomic E-state index is 0.139. The predicted octanol–water partition coefficient (Wildman–Crippen LogP) is 1.61. The van der Waals surface area contributed by atoms with Crippen LogP contribution in [0, 0.1) is 0 Å². The zero-order valence-corrected chi connectivity index (χ0v) is 10.7. The number of aromatic nitrogens is 2. The molecule has 0 aromatic carbocycles. The van der Waals surface area contributed by atoms with Crippen LogP contribution in [-0.4, -0.2) is 33.8 Å². The Bertz CT molecular complexity index is 381. The highest BCUT2D eigenvalue weighted by molar-refractivity contribution is 9.10. The lowest BCUT2D eigenvalue weighted by Gasteiger charge is -2.17. The van der Waals surface area contributed by atoms with Crippen LogP contribution in [-0.2, 0) is 0 Å². The lowest BCUT2D eigenvalue weighted by Crippen LogP contribution is -2.26. The zero-order valence-electron chi connectivity index (χ0n) is 9.13. The molecule has 0 bridgehead atoms.